The van der Waals surface area contributed by atoms with Gasteiger partial charge in [-0.05, 0) is 56.9 Å². The van der Waals surface area contributed by atoms with E-state index in [2.05, 4.69) is 19.2 Å². The van der Waals surface area contributed by atoms with Gasteiger partial charge < -0.3 is 10.1 Å². The highest BCUT2D eigenvalue weighted by atomic mass is 32.2. The highest BCUT2D eigenvalue weighted by Crippen LogP contribution is 2.22. The van der Waals surface area contributed by atoms with Gasteiger partial charge >= 0.3 is 0 Å². The Balaban J connectivity index is 2.57. The van der Waals surface area contributed by atoms with Crippen molar-refractivity contribution in [1.29, 1.82) is 0 Å². The van der Waals surface area contributed by atoms with Crippen molar-refractivity contribution in [3.8, 4) is 5.75 Å². The Morgan fingerprint density at radius 2 is 1.79 bits per heavy atom. The fraction of sp³-hybridized carbons (Fsp3) is 0.682. The van der Waals surface area contributed by atoms with Crippen molar-refractivity contribution in [3.63, 3.8) is 0 Å². The molecule has 0 radical (unpaired) electrons. The number of anilines is 1. The van der Waals surface area contributed by atoms with Crippen molar-refractivity contribution in [1.82, 2.24) is 5.32 Å². The third-order valence-electron chi connectivity index (χ3n) is 4.79. The van der Waals surface area contributed by atoms with E-state index in [-0.39, 0.29) is 18.6 Å². The second kappa shape index (κ2) is 12.7. The predicted octanol–water partition coefficient (Wildman–Crippen LogP) is 4.35. The van der Waals surface area contributed by atoms with Gasteiger partial charge in [-0.2, -0.15) is 0 Å². The number of hydrogen-bond donors (Lipinski definition) is 1. The van der Waals surface area contributed by atoms with Crippen LogP contribution < -0.4 is 14.4 Å². The number of carbonyl (C=O) groups is 1. The minimum absolute atomic E-state index is 0.0194. The molecule has 0 aromatic heterocycles. The molecule has 1 N–H and O–H groups in total. The first-order valence-corrected chi connectivity index (χ1v) is 12.5. The molecule has 0 saturated heterocycles. The fourth-order valence-electron chi connectivity index (χ4n) is 3.12. The first-order chi connectivity index (χ1) is 13.7. The normalized spacial score (nSPS) is 12.6. The summed E-state index contributed by atoms with van der Waals surface area (Å²) < 4.78 is 31.4. The Morgan fingerprint density at radius 1 is 1.14 bits per heavy atom. The summed E-state index contributed by atoms with van der Waals surface area (Å²) in [5, 5.41) is 3.00. The largest absolute Gasteiger partial charge is 0.491 e. The zero-order valence-corrected chi connectivity index (χ0v) is 19.4. The van der Waals surface area contributed by atoms with Crippen LogP contribution in [0.15, 0.2) is 24.3 Å². The molecule has 0 aliphatic heterocycles. The average Bonchev–Trinajstić information content (AvgIpc) is 2.65. The van der Waals surface area contributed by atoms with Gasteiger partial charge in [-0.25, -0.2) is 8.42 Å². The third-order valence-corrected chi connectivity index (χ3v) is 5.99. The topological polar surface area (TPSA) is 75.7 Å². The summed E-state index contributed by atoms with van der Waals surface area (Å²) in [6, 6.07) is 7.00. The summed E-state index contributed by atoms with van der Waals surface area (Å²) in [5.41, 5.74) is 0.578. The summed E-state index contributed by atoms with van der Waals surface area (Å²) in [6.07, 6.45) is 6.55. The molecule has 29 heavy (non-hydrogen) atoms. The lowest BCUT2D eigenvalue weighted by atomic mass is 9.99. The monoisotopic (exact) mass is 426 g/mol. The number of nitrogens with one attached hydrogen (secondary N) is 1. The van der Waals surface area contributed by atoms with Gasteiger partial charge in [-0.1, -0.05) is 33.1 Å². The van der Waals surface area contributed by atoms with Crippen LogP contribution in [-0.2, 0) is 14.8 Å². The van der Waals surface area contributed by atoms with Crippen LogP contribution in [0.25, 0.3) is 0 Å². The molecule has 7 heteroatoms. The minimum atomic E-state index is -3.43. The van der Waals surface area contributed by atoms with Crippen LogP contribution in [0.2, 0.25) is 0 Å². The molecule has 0 saturated carbocycles. The van der Waals surface area contributed by atoms with E-state index in [1.54, 1.807) is 24.3 Å². The Labute approximate surface area is 177 Å². The van der Waals surface area contributed by atoms with E-state index in [4.69, 9.17) is 4.74 Å². The molecule has 1 aromatic carbocycles. The molecule has 0 fully saturated rings. The first-order valence-electron chi connectivity index (χ1n) is 10.7. The molecule has 1 amide bonds. The molecule has 6 nitrogen and oxygen atoms in total. The summed E-state index contributed by atoms with van der Waals surface area (Å²) in [7, 11) is -3.43. The van der Waals surface area contributed by atoms with Crippen LogP contribution in [0.1, 0.15) is 66.2 Å². The van der Waals surface area contributed by atoms with Gasteiger partial charge in [-0.15, -0.1) is 0 Å². The number of sulfonamides is 1. The van der Waals surface area contributed by atoms with Gasteiger partial charge in [0, 0.05) is 19.5 Å². The molecule has 1 unspecified atom stereocenters. The molecular formula is C22H38N2O4S. The Morgan fingerprint density at radius 3 is 2.31 bits per heavy atom. The molecule has 166 valence electrons. The number of hydrogen-bond acceptors (Lipinski definition) is 4. The van der Waals surface area contributed by atoms with Crippen molar-refractivity contribution >= 4 is 21.6 Å². The van der Waals surface area contributed by atoms with Gasteiger partial charge in [0.25, 0.3) is 0 Å². The zero-order valence-electron chi connectivity index (χ0n) is 18.6. The second-order valence-corrected chi connectivity index (χ2v) is 9.73. The van der Waals surface area contributed by atoms with E-state index in [0.717, 1.165) is 19.3 Å². The van der Waals surface area contributed by atoms with Crippen LogP contribution in [-0.4, -0.2) is 39.8 Å². The highest BCUT2D eigenvalue weighted by molar-refractivity contribution is 7.92. The van der Waals surface area contributed by atoms with Gasteiger partial charge in [-0.3, -0.25) is 9.10 Å². The standard InChI is InChI=1S/C22H38N2O4S/c1-6-8-10-19(7-2)17-23-22(25)11-9-16-24(29(5,26)27)20-12-14-21(15-13-20)28-18(3)4/h12-15,18-19H,6-11,16-17H2,1-5H3,(H,23,25). The molecular weight excluding hydrogens is 388 g/mol. The molecule has 0 aliphatic rings. The van der Waals surface area contributed by atoms with E-state index in [9.17, 15) is 13.2 Å². The fourth-order valence-corrected chi connectivity index (χ4v) is 4.09. The van der Waals surface area contributed by atoms with Gasteiger partial charge in [0.05, 0.1) is 18.0 Å². The number of nitrogens with zero attached hydrogens (tertiary/aromatic N) is 1. The Hall–Kier alpha value is -1.76. The Kier molecular flexibility index (Phi) is 11.1. The smallest absolute Gasteiger partial charge is 0.232 e. The number of rotatable bonds is 14. The molecule has 0 aliphatic carbocycles. The van der Waals surface area contributed by atoms with Crippen molar-refractivity contribution in [2.24, 2.45) is 5.92 Å². The average molecular weight is 427 g/mol. The van der Waals surface area contributed by atoms with Gasteiger partial charge in [0.2, 0.25) is 15.9 Å². The molecule has 1 atom stereocenters. The summed E-state index contributed by atoms with van der Waals surface area (Å²) in [5.74, 6) is 1.19. The van der Waals surface area contributed by atoms with E-state index in [0.29, 0.717) is 36.7 Å². The van der Waals surface area contributed by atoms with E-state index in [1.165, 1.54) is 17.0 Å². The lowest BCUT2D eigenvalue weighted by Gasteiger charge is -2.23. The number of carbonyl (C=O) groups excluding carboxylic acids is 1. The number of amides is 1. The van der Waals surface area contributed by atoms with Crippen LogP contribution in [0.4, 0.5) is 5.69 Å². The molecule has 0 heterocycles. The maximum atomic E-state index is 12.2. The molecule has 0 bridgehead atoms. The van der Waals surface area contributed by atoms with Crippen LogP contribution >= 0.6 is 0 Å². The van der Waals surface area contributed by atoms with Crippen LogP contribution in [0.3, 0.4) is 0 Å². The maximum absolute atomic E-state index is 12.2. The Bertz CT molecular complexity index is 702. The van der Waals surface area contributed by atoms with Crippen molar-refractivity contribution in [2.45, 2.75) is 72.3 Å². The predicted molar refractivity (Wildman–Crippen MR) is 120 cm³/mol. The van der Waals surface area contributed by atoms with Crippen molar-refractivity contribution in [3.05, 3.63) is 24.3 Å². The van der Waals surface area contributed by atoms with Gasteiger partial charge in [0.1, 0.15) is 5.75 Å². The third kappa shape index (κ3) is 10.0. The molecule has 0 spiro atoms. The summed E-state index contributed by atoms with van der Waals surface area (Å²) in [6.45, 7) is 9.16. The van der Waals surface area contributed by atoms with Crippen LogP contribution in [0.5, 0.6) is 5.75 Å². The summed E-state index contributed by atoms with van der Waals surface area (Å²) in [4.78, 5) is 12.2. The van der Waals surface area contributed by atoms with Gasteiger partial charge in [0.15, 0.2) is 0 Å². The highest BCUT2D eigenvalue weighted by Gasteiger charge is 2.18. The maximum Gasteiger partial charge on any atom is 0.232 e. The van der Waals surface area contributed by atoms with E-state index < -0.39 is 10.0 Å². The number of ether oxygens (including phenoxy) is 1. The lowest BCUT2D eigenvalue weighted by Crippen LogP contribution is -2.33. The van der Waals surface area contributed by atoms with Crippen molar-refractivity contribution in [2.75, 3.05) is 23.7 Å². The first kappa shape index (κ1) is 25.3. The minimum Gasteiger partial charge on any atom is -0.491 e. The number of unbranched alkanes of at least 4 members (excludes halogenated alkanes) is 1. The molecule has 1 rings (SSSR count). The van der Waals surface area contributed by atoms with E-state index in [1.807, 2.05) is 13.8 Å². The quantitative estimate of drug-likeness (QED) is 0.480. The number of benzene rings is 1. The lowest BCUT2D eigenvalue weighted by molar-refractivity contribution is -0.121. The SMILES string of the molecule is CCCCC(CC)CNC(=O)CCCN(c1ccc(OC(C)C)cc1)S(C)(=O)=O. The molecule has 1 aromatic rings. The summed E-state index contributed by atoms with van der Waals surface area (Å²) >= 11 is 0. The van der Waals surface area contributed by atoms with Crippen LogP contribution in [0, 0.1) is 5.92 Å². The zero-order chi connectivity index (χ0) is 21.9. The van der Waals surface area contributed by atoms with Crippen molar-refractivity contribution < 1.29 is 17.9 Å². The van der Waals surface area contributed by atoms with E-state index >= 15 is 0 Å². The second-order valence-electron chi connectivity index (χ2n) is 7.82.